The molecule has 0 heterocycles. The Hall–Kier alpha value is -1.42. The highest BCUT2D eigenvalue weighted by Crippen LogP contribution is 2.21. The van der Waals surface area contributed by atoms with Crippen molar-refractivity contribution in [1.82, 2.24) is 10.6 Å². The number of hydrogen-bond acceptors (Lipinski definition) is 2. The van der Waals surface area contributed by atoms with Gasteiger partial charge in [-0.05, 0) is 30.5 Å². The van der Waals surface area contributed by atoms with Gasteiger partial charge in [0.05, 0.1) is 0 Å². The number of benzene rings is 1. The molecule has 0 spiro atoms. The van der Waals surface area contributed by atoms with E-state index in [2.05, 4.69) is 17.6 Å². The Labute approximate surface area is 114 Å². The van der Waals surface area contributed by atoms with E-state index in [1.54, 1.807) is 18.2 Å². The summed E-state index contributed by atoms with van der Waals surface area (Å²) in [5, 5.41) is 6.05. The Morgan fingerprint density at radius 3 is 2.68 bits per heavy atom. The molecule has 1 unspecified atom stereocenters. The van der Waals surface area contributed by atoms with Gasteiger partial charge in [-0.1, -0.05) is 32.0 Å². The third kappa shape index (κ3) is 5.83. The quantitative estimate of drug-likeness (QED) is 0.710. The zero-order valence-electron chi connectivity index (χ0n) is 11.7. The highest BCUT2D eigenvalue weighted by molar-refractivity contribution is 5.76. The van der Waals surface area contributed by atoms with Crippen LogP contribution in [-0.4, -0.2) is 25.5 Å². The van der Waals surface area contributed by atoms with E-state index in [0.717, 1.165) is 19.5 Å². The molecule has 0 saturated carbocycles. The predicted octanol–water partition coefficient (Wildman–Crippen LogP) is 2.44. The van der Waals surface area contributed by atoms with Gasteiger partial charge in [-0.3, -0.25) is 4.79 Å². The van der Waals surface area contributed by atoms with Gasteiger partial charge in [0, 0.05) is 19.5 Å². The van der Waals surface area contributed by atoms with E-state index in [-0.39, 0.29) is 17.6 Å². The van der Waals surface area contributed by atoms with Crippen molar-refractivity contribution in [3.8, 4) is 0 Å². The van der Waals surface area contributed by atoms with Crippen LogP contribution in [0.25, 0.3) is 0 Å². The first kappa shape index (κ1) is 15.6. The van der Waals surface area contributed by atoms with Crippen molar-refractivity contribution in [2.24, 2.45) is 0 Å². The van der Waals surface area contributed by atoms with Crippen molar-refractivity contribution >= 4 is 5.91 Å². The van der Waals surface area contributed by atoms with Gasteiger partial charge in [0.25, 0.3) is 0 Å². The molecule has 1 aromatic rings. The van der Waals surface area contributed by atoms with E-state index in [0.29, 0.717) is 18.5 Å². The maximum atomic E-state index is 13.5. The van der Waals surface area contributed by atoms with Crippen molar-refractivity contribution in [2.75, 3.05) is 19.6 Å². The number of halogens is 1. The van der Waals surface area contributed by atoms with Crippen LogP contribution in [0.3, 0.4) is 0 Å². The molecule has 1 amide bonds. The van der Waals surface area contributed by atoms with Gasteiger partial charge < -0.3 is 10.6 Å². The maximum absolute atomic E-state index is 13.5. The molecule has 0 saturated heterocycles. The molecule has 0 aliphatic carbocycles. The van der Waals surface area contributed by atoms with Crippen LogP contribution in [0.15, 0.2) is 24.3 Å². The molecule has 1 rings (SSSR count). The first-order chi connectivity index (χ1) is 9.15. The van der Waals surface area contributed by atoms with Gasteiger partial charge >= 0.3 is 0 Å². The zero-order chi connectivity index (χ0) is 14.1. The fraction of sp³-hybridized carbons (Fsp3) is 0.533. The van der Waals surface area contributed by atoms with Crippen LogP contribution in [-0.2, 0) is 4.79 Å². The minimum atomic E-state index is -0.243. The summed E-state index contributed by atoms with van der Waals surface area (Å²) in [5.41, 5.74) is 0.599. The molecular formula is C15H23FN2O. The second-order valence-electron chi connectivity index (χ2n) is 4.73. The van der Waals surface area contributed by atoms with Crippen LogP contribution >= 0.6 is 0 Å². The summed E-state index contributed by atoms with van der Waals surface area (Å²) in [4.78, 5) is 11.7. The average Bonchev–Trinajstić information content (AvgIpc) is 2.39. The fourth-order valence-electron chi connectivity index (χ4n) is 1.93. The Balaban J connectivity index is 2.30. The van der Waals surface area contributed by atoms with Gasteiger partial charge in [-0.2, -0.15) is 0 Å². The third-order valence-corrected chi connectivity index (χ3v) is 2.98. The Morgan fingerprint density at radius 1 is 1.26 bits per heavy atom. The zero-order valence-corrected chi connectivity index (χ0v) is 11.7. The lowest BCUT2D eigenvalue weighted by atomic mass is 9.97. The molecule has 0 aliphatic heterocycles. The number of amides is 1. The maximum Gasteiger partial charge on any atom is 0.220 e. The Morgan fingerprint density at radius 2 is 2.00 bits per heavy atom. The summed E-state index contributed by atoms with van der Waals surface area (Å²) in [6.07, 6.45) is 1.40. The standard InChI is InChI=1S/C15H23FN2O/c1-3-8-17-9-10-18-15(19)11-12(2)13-6-4-5-7-14(13)16/h4-7,12,17H,3,8-11H2,1-2H3,(H,18,19). The monoisotopic (exact) mass is 266 g/mol. The molecule has 106 valence electrons. The number of hydrogen-bond donors (Lipinski definition) is 2. The smallest absolute Gasteiger partial charge is 0.220 e. The van der Waals surface area contributed by atoms with Gasteiger partial charge in [0.1, 0.15) is 5.82 Å². The lowest BCUT2D eigenvalue weighted by molar-refractivity contribution is -0.121. The van der Waals surface area contributed by atoms with Crippen molar-refractivity contribution in [1.29, 1.82) is 0 Å². The second kappa shape index (κ2) is 8.64. The average molecular weight is 266 g/mol. The van der Waals surface area contributed by atoms with E-state index in [1.165, 1.54) is 6.07 Å². The molecule has 0 radical (unpaired) electrons. The number of rotatable bonds is 8. The first-order valence-corrected chi connectivity index (χ1v) is 6.87. The first-order valence-electron chi connectivity index (χ1n) is 6.87. The van der Waals surface area contributed by atoms with Gasteiger partial charge in [0.15, 0.2) is 0 Å². The lowest BCUT2D eigenvalue weighted by Gasteiger charge is -2.13. The summed E-state index contributed by atoms with van der Waals surface area (Å²) >= 11 is 0. The summed E-state index contributed by atoms with van der Waals surface area (Å²) in [6.45, 7) is 6.31. The SMILES string of the molecule is CCCNCCNC(=O)CC(C)c1ccccc1F. The molecule has 0 aliphatic rings. The molecule has 0 fully saturated rings. The molecule has 19 heavy (non-hydrogen) atoms. The summed E-state index contributed by atoms with van der Waals surface area (Å²) < 4.78 is 13.5. The number of carbonyl (C=O) groups is 1. The van der Waals surface area contributed by atoms with Crippen molar-refractivity contribution in [3.63, 3.8) is 0 Å². The molecule has 2 N–H and O–H groups in total. The highest BCUT2D eigenvalue weighted by atomic mass is 19.1. The minimum Gasteiger partial charge on any atom is -0.355 e. The molecule has 1 aromatic carbocycles. The molecule has 0 bridgehead atoms. The van der Waals surface area contributed by atoms with Gasteiger partial charge in [0.2, 0.25) is 5.91 Å². The lowest BCUT2D eigenvalue weighted by Crippen LogP contribution is -2.32. The van der Waals surface area contributed by atoms with Crippen molar-refractivity contribution in [2.45, 2.75) is 32.6 Å². The second-order valence-corrected chi connectivity index (χ2v) is 4.73. The molecule has 1 atom stereocenters. The molecular weight excluding hydrogens is 243 g/mol. The number of carbonyl (C=O) groups excluding carboxylic acids is 1. The van der Waals surface area contributed by atoms with Gasteiger partial charge in [-0.25, -0.2) is 4.39 Å². The normalized spacial score (nSPS) is 12.2. The van der Waals surface area contributed by atoms with E-state index in [9.17, 15) is 9.18 Å². The minimum absolute atomic E-state index is 0.0333. The fourth-order valence-corrected chi connectivity index (χ4v) is 1.93. The molecule has 4 heteroatoms. The summed E-state index contributed by atoms with van der Waals surface area (Å²) in [6, 6.07) is 6.61. The Kier molecular flexibility index (Phi) is 7.11. The van der Waals surface area contributed by atoms with Crippen LogP contribution in [0.1, 0.15) is 38.2 Å². The van der Waals surface area contributed by atoms with E-state index in [1.807, 2.05) is 6.92 Å². The van der Waals surface area contributed by atoms with Crippen LogP contribution in [0.2, 0.25) is 0 Å². The highest BCUT2D eigenvalue weighted by Gasteiger charge is 2.13. The van der Waals surface area contributed by atoms with Crippen molar-refractivity contribution in [3.05, 3.63) is 35.6 Å². The van der Waals surface area contributed by atoms with Crippen molar-refractivity contribution < 1.29 is 9.18 Å². The van der Waals surface area contributed by atoms with Gasteiger partial charge in [-0.15, -0.1) is 0 Å². The van der Waals surface area contributed by atoms with Crippen LogP contribution in [0, 0.1) is 5.82 Å². The van der Waals surface area contributed by atoms with E-state index >= 15 is 0 Å². The topological polar surface area (TPSA) is 41.1 Å². The van der Waals surface area contributed by atoms with Crippen LogP contribution < -0.4 is 10.6 Å². The van der Waals surface area contributed by atoms with E-state index in [4.69, 9.17) is 0 Å². The van der Waals surface area contributed by atoms with Crippen LogP contribution in [0.5, 0.6) is 0 Å². The summed E-state index contributed by atoms with van der Waals surface area (Å²) in [7, 11) is 0. The Bertz CT molecular complexity index is 395. The summed E-state index contributed by atoms with van der Waals surface area (Å²) in [5.74, 6) is -0.383. The molecule has 3 nitrogen and oxygen atoms in total. The van der Waals surface area contributed by atoms with E-state index < -0.39 is 0 Å². The van der Waals surface area contributed by atoms with Crippen LogP contribution in [0.4, 0.5) is 4.39 Å². The number of nitrogens with one attached hydrogen (secondary N) is 2. The predicted molar refractivity (Wildman–Crippen MR) is 75.6 cm³/mol. The third-order valence-electron chi connectivity index (χ3n) is 2.98. The largest absolute Gasteiger partial charge is 0.355 e. The molecule has 0 aromatic heterocycles.